The highest BCUT2D eigenvalue weighted by Gasteiger charge is 2.55. The molecule has 2 unspecified atom stereocenters. The van der Waals surface area contributed by atoms with Gasteiger partial charge >= 0.3 is 0 Å². The zero-order valence-corrected chi connectivity index (χ0v) is 6.96. The molecule has 10 heavy (non-hydrogen) atoms. The summed E-state index contributed by atoms with van der Waals surface area (Å²) in [4.78, 5) is 0. The van der Waals surface area contributed by atoms with Crippen molar-refractivity contribution in [3.05, 3.63) is 0 Å². The molecule has 0 spiro atoms. The third-order valence-electron chi connectivity index (χ3n) is 2.69. The molecule has 0 saturated heterocycles. The third-order valence-corrected chi connectivity index (χ3v) is 2.69. The summed E-state index contributed by atoms with van der Waals surface area (Å²) in [6, 6.07) is 0. The van der Waals surface area contributed by atoms with Crippen molar-refractivity contribution in [2.24, 2.45) is 17.6 Å². The second kappa shape index (κ2) is 2.21. The summed E-state index contributed by atoms with van der Waals surface area (Å²) in [5.74, 6) is 1.15. The second-order valence-electron chi connectivity index (χ2n) is 3.84. The number of nitrogens with two attached hydrogens (primary N) is 1. The molecule has 1 saturated carbocycles. The molecule has 3 atom stereocenters. The van der Waals surface area contributed by atoms with E-state index in [9.17, 15) is 5.11 Å². The van der Waals surface area contributed by atoms with E-state index >= 15 is 0 Å². The smallest absolute Gasteiger partial charge is 0.0694 e. The van der Waals surface area contributed by atoms with Gasteiger partial charge in [0.05, 0.1) is 6.10 Å². The Bertz CT molecular complexity index is 133. The molecule has 3 N–H and O–H groups in total. The van der Waals surface area contributed by atoms with Crippen molar-refractivity contribution in [1.82, 2.24) is 0 Å². The molecule has 60 valence electrons. The van der Waals surface area contributed by atoms with Gasteiger partial charge in [-0.2, -0.15) is 0 Å². The minimum atomic E-state index is -0.347. The predicted octanol–water partition coefficient (Wildman–Crippen LogP) is 0.741. The van der Waals surface area contributed by atoms with Crippen LogP contribution in [0.4, 0.5) is 0 Å². The first-order chi connectivity index (χ1) is 4.48. The molecule has 0 radical (unpaired) electrons. The molecule has 2 nitrogen and oxygen atoms in total. The highest BCUT2D eigenvalue weighted by atomic mass is 16.3. The van der Waals surface area contributed by atoms with E-state index in [-0.39, 0.29) is 11.6 Å². The summed E-state index contributed by atoms with van der Waals surface area (Å²) in [6.07, 6.45) is 0.641. The van der Waals surface area contributed by atoms with Gasteiger partial charge in [-0.3, -0.25) is 0 Å². The lowest BCUT2D eigenvalue weighted by Gasteiger charge is -2.16. The van der Waals surface area contributed by atoms with E-state index in [2.05, 4.69) is 13.8 Å². The quantitative estimate of drug-likeness (QED) is 0.599. The number of rotatable bonds is 2. The van der Waals surface area contributed by atoms with Crippen LogP contribution in [0.25, 0.3) is 0 Å². The minimum Gasteiger partial charge on any atom is -0.391 e. The summed E-state index contributed by atoms with van der Waals surface area (Å²) in [5.41, 5.74) is 5.63. The molecular formula is C8H17NO. The molecule has 1 fully saturated rings. The Morgan fingerprint density at radius 2 is 2.00 bits per heavy atom. The van der Waals surface area contributed by atoms with E-state index in [4.69, 9.17) is 5.73 Å². The van der Waals surface area contributed by atoms with Crippen molar-refractivity contribution in [1.29, 1.82) is 0 Å². The van der Waals surface area contributed by atoms with Gasteiger partial charge in [0.1, 0.15) is 0 Å². The fourth-order valence-corrected chi connectivity index (χ4v) is 1.66. The summed E-state index contributed by atoms with van der Waals surface area (Å²) in [5, 5.41) is 9.25. The van der Waals surface area contributed by atoms with Crippen LogP contribution < -0.4 is 5.73 Å². The van der Waals surface area contributed by atoms with Crippen molar-refractivity contribution in [3.63, 3.8) is 0 Å². The molecule has 0 amide bonds. The molecule has 0 aromatic rings. The maximum absolute atomic E-state index is 9.25. The molecule has 1 aliphatic carbocycles. The van der Waals surface area contributed by atoms with E-state index in [1.165, 1.54) is 0 Å². The highest BCUT2D eigenvalue weighted by Crippen LogP contribution is 2.48. The van der Waals surface area contributed by atoms with Crippen LogP contribution in [-0.2, 0) is 0 Å². The SMILES string of the molecule is CC(C)[C@@H]1CC1(N)C(C)O. The lowest BCUT2D eigenvalue weighted by atomic mass is 10.0. The van der Waals surface area contributed by atoms with E-state index in [0.29, 0.717) is 11.8 Å². The Balaban J connectivity index is 2.48. The van der Waals surface area contributed by atoms with Gasteiger partial charge in [-0.15, -0.1) is 0 Å². The Hall–Kier alpha value is -0.0800. The number of aliphatic hydroxyl groups is 1. The molecule has 0 aromatic carbocycles. The summed E-state index contributed by atoms with van der Waals surface area (Å²) in [6.45, 7) is 6.09. The van der Waals surface area contributed by atoms with Gasteiger partial charge in [0.2, 0.25) is 0 Å². The van der Waals surface area contributed by atoms with Crippen LogP contribution >= 0.6 is 0 Å². The van der Waals surface area contributed by atoms with Crippen molar-refractivity contribution >= 4 is 0 Å². The van der Waals surface area contributed by atoms with Crippen LogP contribution in [0.3, 0.4) is 0 Å². The van der Waals surface area contributed by atoms with Crippen LogP contribution in [0.1, 0.15) is 27.2 Å². The van der Waals surface area contributed by atoms with Crippen LogP contribution in [0.5, 0.6) is 0 Å². The summed E-state index contributed by atoms with van der Waals surface area (Å²) >= 11 is 0. The molecular weight excluding hydrogens is 126 g/mol. The first-order valence-corrected chi connectivity index (χ1v) is 3.95. The van der Waals surface area contributed by atoms with Crippen molar-refractivity contribution in [3.8, 4) is 0 Å². The largest absolute Gasteiger partial charge is 0.391 e. The zero-order valence-electron chi connectivity index (χ0n) is 6.96. The monoisotopic (exact) mass is 143 g/mol. The fourth-order valence-electron chi connectivity index (χ4n) is 1.66. The van der Waals surface area contributed by atoms with Crippen molar-refractivity contribution in [2.45, 2.75) is 38.8 Å². The predicted molar refractivity (Wildman–Crippen MR) is 41.5 cm³/mol. The van der Waals surface area contributed by atoms with Gasteiger partial charge in [-0.25, -0.2) is 0 Å². The Morgan fingerprint density at radius 1 is 1.50 bits per heavy atom. The molecule has 0 bridgehead atoms. The highest BCUT2D eigenvalue weighted by molar-refractivity contribution is 5.12. The fraction of sp³-hybridized carbons (Fsp3) is 1.00. The maximum atomic E-state index is 9.25. The topological polar surface area (TPSA) is 46.2 Å². The summed E-state index contributed by atoms with van der Waals surface area (Å²) < 4.78 is 0. The Morgan fingerprint density at radius 3 is 2.10 bits per heavy atom. The Kier molecular flexibility index (Phi) is 1.77. The minimum absolute atomic E-state index is 0.256. The lowest BCUT2D eigenvalue weighted by Crippen LogP contribution is -2.38. The average Bonchev–Trinajstić information content (AvgIpc) is 2.43. The number of hydrogen-bond donors (Lipinski definition) is 2. The van der Waals surface area contributed by atoms with Crippen molar-refractivity contribution in [2.75, 3.05) is 0 Å². The van der Waals surface area contributed by atoms with E-state index < -0.39 is 0 Å². The summed E-state index contributed by atoms with van der Waals surface area (Å²) in [7, 11) is 0. The number of aliphatic hydroxyl groups excluding tert-OH is 1. The second-order valence-corrected chi connectivity index (χ2v) is 3.84. The van der Waals surface area contributed by atoms with Crippen LogP contribution in [-0.4, -0.2) is 16.7 Å². The van der Waals surface area contributed by atoms with E-state index in [1.54, 1.807) is 6.92 Å². The molecule has 0 aromatic heterocycles. The van der Waals surface area contributed by atoms with Gasteiger partial charge in [-0.1, -0.05) is 13.8 Å². The van der Waals surface area contributed by atoms with Crippen molar-refractivity contribution < 1.29 is 5.11 Å². The molecule has 1 rings (SSSR count). The number of hydrogen-bond acceptors (Lipinski definition) is 2. The molecule has 2 heteroatoms. The first kappa shape index (κ1) is 8.02. The van der Waals surface area contributed by atoms with Crippen LogP contribution in [0.2, 0.25) is 0 Å². The van der Waals surface area contributed by atoms with E-state index in [0.717, 1.165) is 6.42 Å². The first-order valence-electron chi connectivity index (χ1n) is 3.95. The molecule has 1 aliphatic rings. The standard InChI is InChI=1S/C8H17NO/c1-5(2)7-4-8(7,9)6(3)10/h5-7,10H,4,9H2,1-3H3/t6?,7-,8?/m0/s1. The van der Waals surface area contributed by atoms with Crippen LogP contribution in [0, 0.1) is 11.8 Å². The maximum Gasteiger partial charge on any atom is 0.0694 e. The van der Waals surface area contributed by atoms with Gasteiger partial charge in [0.15, 0.2) is 0 Å². The van der Waals surface area contributed by atoms with Gasteiger partial charge in [-0.05, 0) is 25.2 Å². The van der Waals surface area contributed by atoms with Gasteiger partial charge < -0.3 is 10.8 Å². The van der Waals surface area contributed by atoms with Gasteiger partial charge in [0.25, 0.3) is 0 Å². The molecule has 0 aliphatic heterocycles. The van der Waals surface area contributed by atoms with E-state index in [1.807, 2.05) is 0 Å². The van der Waals surface area contributed by atoms with Crippen LogP contribution in [0.15, 0.2) is 0 Å². The lowest BCUT2D eigenvalue weighted by molar-refractivity contribution is 0.140. The Labute approximate surface area is 62.4 Å². The zero-order chi connectivity index (χ0) is 7.94. The third kappa shape index (κ3) is 1.06. The normalized spacial score (nSPS) is 42.0. The molecule has 0 heterocycles. The van der Waals surface area contributed by atoms with Gasteiger partial charge in [0, 0.05) is 5.54 Å². The average molecular weight is 143 g/mol.